The van der Waals surface area contributed by atoms with Crippen molar-refractivity contribution in [3.8, 4) is 5.75 Å². The molecule has 0 aliphatic carbocycles. The normalized spacial score (nSPS) is 16.7. The molecule has 0 saturated heterocycles. The number of aryl methyl sites for hydroxylation is 1. The number of methoxy groups -OCH3 is 1. The number of hydrogen-bond donors (Lipinski definition) is 2. The lowest BCUT2D eigenvalue weighted by molar-refractivity contribution is -0.116. The summed E-state index contributed by atoms with van der Waals surface area (Å²) in [4.78, 5) is 17.2. The van der Waals surface area contributed by atoms with E-state index < -0.39 is 0 Å². The zero-order chi connectivity index (χ0) is 24.2. The third-order valence-corrected chi connectivity index (χ3v) is 6.55. The van der Waals surface area contributed by atoms with Crippen LogP contribution in [0.5, 0.6) is 5.75 Å². The number of nitrogens with zero attached hydrogens (tertiary/aromatic N) is 3. The summed E-state index contributed by atoms with van der Waals surface area (Å²) >= 11 is 6.58. The van der Waals surface area contributed by atoms with Crippen LogP contribution < -0.4 is 15.4 Å². The van der Waals surface area contributed by atoms with Crippen LogP contribution >= 0.6 is 11.6 Å². The van der Waals surface area contributed by atoms with E-state index in [1.165, 1.54) is 0 Å². The van der Waals surface area contributed by atoms with Gasteiger partial charge < -0.3 is 10.1 Å². The van der Waals surface area contributed by atoms with Gasteiger partial charge in [0.25, 0.3) is 5.95 Å². The molecule has 2 heterocycles. The summed E-state index contributed by atoms with van der Waals surface area (Å²) in [7, 11) is 1.65. The maximum absolute atomic E-state index is 12.6. The predicted octanol–water partition coefficient (Wildman–Crippen LogP) is 5.66. The Balaban J connectivity index is 1.39. The first-order valence-electron chi connectivity index (χ1n) is 11.6. The van der Waals surface area contributed by atoms with Gasteiger partial charge in [0.05, 0.1) is 19.2 Å². The molecule has 2 atom stereocenters. The molecular formula is C27H26ClN5O2. The second-order valence-electron chi connectivity index (χ2n) is 8.48. The summed E-state index contributed by atoms with van der Waals surface area (Å²) < 4.78 is 7.12. The number of carbonyl (C=O) groups is 1. The number of nitrogens with one attached hydrogen (secondary N) is 2. The zero-order valence-corrected chi connectivity index (χ0v) is 20.1. The highest BCUT2D eigenvalue weighted by Gasteiger charge is 2.32. The molecule has 8 heteroatoms. The van der Waals surface area contributed by atoms with E-state index >= 15 is 0 Å². The van der Waals surface area contributed by atoms with Gasteiger partial charge in [0, 0.05) is 11.4 Å². The van der Waals surface area contributed by atoms with Crippen molar-refractivity contribution in [3.63, 3.8) is 0 Å². The minimum Gasteiger partial charge on any atom is -0.497 e. The molecule has 0 bridgehead atoms. The van der Waals surface area contributed by atoms with Crippen LogP contribution in [-0.4, -0.2) is 27.8 Å². The van der Waals surface area contributed by atoms with Gasteiger partial charge in [-0.25, -0.2) is 4.68 Å². The van der Waals surface area contributed by atoms with Gasteiger partial charge in [0.15, 0.2) is 0 Å². The van der Waals surface area contributed by atoms with Crippen LogP contribution in [0.15, 0.2) is 78.9 Å². The molecule has 1 amide bonds. The first-order valence-corrected chi connectivity index (χ1v) is 11.9. The van der Waals surface area contributed by atoms with E-state index in [1.54, 1.807) is 7.11 Å². The number of amides is 1. The summed E-state index contributed by atoms with van der Waals surface area (Å²) in [6.45, 7) is 0. The SMILES string of the molecule is COc1ccc([C@@H]2C[C@H](c3ccccc3Cl)n3nc(NC(=O)CCc4ccccc4)nc3N2)cc1. The van der Waals surface area contributed by atoms with Crippen LogP contribution in [0.3, 0.4) is 0 Å². The largest absolute Gasteiger partial charge is 0.497 e. The minimum absolute atomic E-state index is 0.0134. The number of carbonyl (C=O) groups excluding carboxylic acids is 1. The highest BCUT2D eigenvalue weighted by atomic mass is 35.5. The Morgan fingerprint density at radius 3 is 2.57 bits per heavy atom. The molecule has 0 radical (unpaired) electrons. The summed E-state index contributed by atoms with van der Waals surface area (Å²) in [5, 5.41) is 11.6. The number of halogens is 1. The highest BCUT2D eigenvalue weighted by molar-refractivity contribution is 6.31. The van der Waals surface area contributed by atoms with Gasteiger partial charge in [-0.15, -0.1) is 5.10 Å². The maximum Gasteiger partial charge on any atom is 0.250 e. The standard InChI is InChI=1S/C27H26ClN5O2/c1-35-20-14-12-19(13-15-20)23-17-24(21-9-5-6-10-22(21)28)33-27(29-23)31-26(32-33)30-25(34)16-11-18-7-3-2-4-8-18/h2-10,12-15,23-24H,11,16-17H2,1H3,(H2,29,30,31,32,34)/t23-,24+/m0/s1. The molecule has 3 aromatic carbocycles. The fourth-order valence-corrected chi connectivity index (χ4v) is 4.64. The molecule has 1 aliphatic rings. The fourth-order valence-electron chi connectivity index (χ4n) is 4.38. The Bertz CT molecular complexity index is 1310. The number of benzene rings is 3. The minimum atomic E-state index is -0.144. The number of fused-ring (bicyclic) bond motifs is 1. The number of rotatable bonds is 7. The van der Waals surface area contributed by atoms with E-state index in [-0.39, 0.29) is 23.9 Å². The molecule has 0 spiro atoms. The average molecular weight is 488 g/mol. The van der Waals surface area contributed by atoms with Crippen molar-refractivity contribution in [2.75, 3.05) is 17.7 Å². The van der Waals surface area contributed by atoms with Crippen molar-refractivity contribution in [3.05, 3.63) is 101 Å². The third kappa shape index (κ3) is 5.15. The lowest BCUT2D eigenvalue weighted by Gasteiger charge is -2.32. The molecule has 0 saturated carbocycles. The van der Waals surface area contributed by atoms with Gasteiger partial charge in [0.1, 0.15) is 5.75 Å². The van der Waals surface area contributed by atoms with Gasteiger partial charge in [-0.3, -0.25) is 10.1 Å². The predicted molar refractivity (Wildman–Crippen MR) is 137 cm³/mol. The fraction of sp³-hybridized carbons (Fsp3) is 0.222. The number of aromatic nitrogens is 3. The van der Waals surface area contributed by atoms with Crippen molar-refractivity contribution in [1.29, 1.82) is 0 Å². The van der Waals surface area contributed by atoms with Crippen LogP contribution in [0.4, 0.5) is 11.9 Å². The van der Waals surface area contributed by atoms with Gasteiger partial charge in [-0.1, -0.05) is 72.3 Å². The monoisotopic (exact) mass is 487 g/mol. The highest BCUT2D eigenvalue weighted by Crippen LogP contribution is 2.40. The van der Waals surface area contributed by atoms with Gasteiger partial charge in [-0.2, -0.15) is 4.98 Å². The van der Waals surface area contributed by atoms with E-state index in [9.17, 15) is 4.79 Å². The summed E-state index contributed by atoms with van der Waals surface area (Å²) in [5.41, 5.74) is 3.18. The molecular weight excluding hydrogens is 462 g/mol. The molecule has 0 unspecified atom stereocenters. The number of anilines is 2. The lowest BCUT2D eigenvalue weighted by Crippen LogP contribution is -2.28. The van der Waals surface area contributed by atoms with E-state index in [0.29, 0.717) is 30.2 Å². The van der Waals surface area contributed by atoms with Gasteiger partial charge >= 0.3 is 0 Å². The number of hydrogen-bond acceptors (Lipinski definition) is 5. The van der Waals surface area contributed by atoms with Crippen molar-refractivity contribution in [2.45, 2.75) is 31.3 Å². The topological polar surface area (TPSA) is 81.1 Å². The molecule has 4 aromatic rings. The molecule has 1 aliphatic heterocycles. The van der Waals surface area contributed by atoms with E-state index in [4.69, 9.17) is 16.3 Å². The number of ether oxygens (including phenoxy) is 1. The van der Waals surface area contributed by atoms with E-state index in [0.717, 1.165) is 22.4 Å². The first kappa shape index (κ1) is 22.9. The van der Waals surface area contributed by atoms with Gasteiger partial charge in [-0.05, 0) is 47.7 Å². The van der Waals surface area contributed by atoms with E-state index in [1.807, 2.05) is 83.5 Å². The van der Waals surface area contributed by atoms with Crippen LogP contribution in [0.2, 0.25) is 5.02 Å². The van der Waals surface area contributed by atoms with Crippen molar-refractivity contribution in [1.82, 2.24) is 14.8 Å². The summed E-state index contributed by atoms with van der Waals surface area (Å²) in [6, 6.07) is 25.5. The Labute approximate surface area is 209 Å². The third-order valence-electron chi connectivity index (χ3n) is 6.21. The molecule has 7 nitrogen and oxygen atoms in total. The quantitative estimate of drug-likeness (QED) is 0.351. The van der Waals surface area contributed by atoms with Crippen LogP contribution in [0.25, 0.3) is 0 Å². The van der Waals surface area contributed by atoms with Crippen LogP contribution in [0, 0.1) is 0 Å². The van der Waals surface area contributed by atoms with Crippen molar-refractivity contribution < 1.29 is 9.53 Å². The van der Waals surface area contributed by atoms with Gasteiger partial charge in [0.2, 0.25) is 11.9 Å². The Morgan fingerprint density at radius 2 is 1.83 bits per heavy atom. The average Bonchev–Trinajstić information content (AvgIpc) is 3.30. The molecule has 1 aromatic heterocycles. The second kappa shape index (κ2) is 10.2. The molecule has 35 heavy (non-hydrogen) atoms. The maximum atomic E-state index is 12.6. The summed E-state index contributed by atoms with van der Waals surface area (Å²) in [5.74, 6) is 1.53. The smallest absolute Gasteiger partial charge is 0.250 e. The molecule has 5 rings (SSSR count). The van der Waals surface area contributed by atoms with E-state index in [2.05, 4.69) is 20.7 Å². The molecule has 0 fully saturated rings. The second-order valence-corrected chi connectivity index (χ2v) is 8.89. The Hall–Kier alpha value is -3.84. The zero-order valence-electron chi connectivity index (χ0n) is 19.3. The van der Waals surface area contributed by atoms with Crippen molar-refractivity contribution in [2.24, 2.45) is 0 Å². The molecule has 2 N–H and O–H groups in total. The first-order chi connectivity index (χ1) is 17.1. The Kier molecular flexibility index (Phi) is 6.68. The van der Waals surface area contributed by atoms with Crippen LogP contribution in [-0.2, 0) is 11.2 Å². The lowest BCUT2D eigenvalue weighted by atomic mass is 9.93. The summed E-state index contributed by atoms with van der Waals surface area (Å²) in [6.07, 6.45) is 1.72. The van der Waals surface area contributed by atoms with Crippen LogP contribution in [0.1, 0.15) is 41.6 Å². The Morgan fingerprint density at radius 1 is 1.09 bits per heavy atom. The van der Waals surface area contributed by atoms with Crippen molar-refractivity contribution >= 4 is 29.4 Å². The molecule has 178 valence electrons.